The molecular formula is C15H24N2O2S. The van der Waals surface area contributed by atoms with E-state index in [-0.39, 0.29) is 0 Å². The Hall–Kier alpha value is -0.910. The summed E-state index contributed by atoms with van der Waals surface area (Å²) < 4.78 is 26.3. The first kappa shape index (κ1) is 15.5. The second-order valence-corrected chi connectivity index (χ2v) is 7.84. The van der Waals surface area contributed by atoms with Gasteiger partial charge in [-0.1, -0.05) is 19.1 Å². The maximum atomic E-state index is 12.4. The first-order chi connectivity index (χ1) is 9.45. The van der Waals surface area contributed by atoms with E-state index < -0.39 is 10.0 Å². The minimum Gasteiger partial charge on any atom is -0.330 e. The van der Waals surface area contributed by atoms with Crippen LogP contribution >= 0.6 is 0 Å². The third-order valence-electron chi connectivity index (χ3n) is 4.07. The van der Waals surface area contributed by atoms with Crippen LogP contribution in [0.5, 0.6) is 0 Å². The Morgan fingerprint density at radius 1 is 1.30 bits per heavy atom. The highest BCUT2D eigenvalue weighted by Crippen LogP contribution is 2.38. The summed E-state index contributed by atoms with van der Waals surface area (Å²) >= 11 is 0. The molecule has 1 aliphatic carbocycles. The zero-order chi connectivity index (χ0) is 14.8. The van der Waals surface area contributed by atoms with Crippen LogP contribution in [0.3, 0.4) is 0 Å². The van der Waals surface area contributed by atoms with Crippen molar-refractivity contribution in [3.8, 4) is 0 Å². The molecule has 0 aromatic heterocycles. The first-order valence-electron chi connectivity index (χ1n) is 7.20. The maximum Gasteiger partial charge on any atom is 0.242 e. The lowest BCUT2D eigenvalue weighted by atomic mass is 10.1. The summed E-state index contributed by atoms with van der Waals surface area (Å²) in [4.78, 5) is 0.379. The van der Waals surface area contributed by atoms with Crippen molar-refractivity contribution < 1.29 is 8.42 Å². The summed E-state index contributed by atoms with van der Waals surface area (Å²) in [6.07, 6.45) is 2.95. The molecule has 0 heterocycles. The Morgan fingerprint density at radius 2 is 1.90 bits per heavy atom. The fourth-order valence-corrected chi connectivity index (χ4v) is 3.62. The molecule has 2 rings (SSSR count). The van der Waals surface area contributed by atoms with Crippen LogP contribution < -0.4 is 5.73 Å². The molecule has 1 aromatic carbocycles. The summed E-state index contributed by atoms with van der Waals surface area (Å²) in [6.45, 7) is 3.44. The summed E-state index contributed by atoms with van der Waals surface area (Å²) in [6, 6.07) is 7.17. The molecule has 1 aromatic rings. The van der Waals surface area contributed by atoms with Crippen LogP contribution in [-0.2, 0) is 16.4 Å². The molecule has 0 spiro atoms. The quantitative estimate of drug-likeness (QED) is 0.835. The van der Waals surface area contributed by atoms with Crippen molar-refractivity contribution in [3.63, 3.8) is 0 Å². The Bertz CT molecular complexity index is 539. The molecule has 4 nitrogen and oxygen atoms in total. The smallest absolute Gasteiger partial charge is 0.242 e. The van der Waals surface area contributed by atoms with Crippen LogP contribution in [0.15, 0.2) is 29.2 Å². The molecule has 0 amide bonds. The van der Waals surface area contributed by atoms with Gasteiger partial charge in [0.1, 0.15) is 0 Å². The summed E-state index contributed by atoms with van der Waals surface area (Å²) in [7, 11) is -1.68. The Labute approximate surface area is 122 Å². The van der Waals surface area contributed by atoms with Gasteiger partial charge in [0.15, 0.2) is 0 Å². The lowest BCUT2D eigenvalue weighted by Crippen LogP contribution is -2.29. The number of hydrogen-bond acceptors (Lipinski definition) is 3. The van der Waals surface area contributed by atoms with E-state index in [1.165, 1.54) is 4.31 Å². The molecule has 2 unspecified atom stereocenters. The molecule has 2 N–H and O–H groups in total. The van der Waals surface area contributed by atoms with Crippen LogP contribution in [0.4, 0.5) is 0 Å². The van der Waals surface area contributed by atoms with Gasteiger partial charge in [-0.15, -0.1) is 0 Å². The zero-order valence-corrected chi connectivity index (χ0v) is 13.1. The molecule has 1 aliphatic rings. The molecule has 20 heavy (non-hydrogen) atoms. The molecular weight excluding hydrogens is 272 g/mol. The largest absolute Gasteiger partial charge is 0.330 e. The van der Waals surface area contributed by atoms with Crippen LogP contribution in [-0.4, -0.2) is 32.9 Å². The highest BCUT2D eigenvalue weighted by Gasteiger charge is 2.36. The number of sulfonamides is 1. The Morgan fingerprint density at radius 3 is 2.40 bits per heavy atom. The van der Waals surface area contributed by atoms with Gasteiger partial charge in [0, 0.05) is 13.6 Å². The van der Waals surface area contributed by atoms with Gasteiger partial charge in [-0.25, -0.2) is 12.7 Å². The van der Waals surface area contributed by atoms with Crippen LogP contribution in [0.2, 0.25) is 0 Å². The van der Waals surface area contributed by atoms with E-state index >= 15 is 0 Å². The number of benzene rings is 1. The first-order valence-corrected chi connectivity index (χ1v) is 8.64. The second kappa shape index (κ2) is 6.24. The molecule has 5 heteroatoms. The third kappa shape index (κ3) is 3.59. The fourth-order valence-electron chi connectivity index (χ4n) is 2.40. The average Bonchev–Trinajstić information content (AvgIpc) is 3.12. The number of hydrogen-bond donors (Lipinski definition) is 1. The van der Waals surface area contributed by atoms with E-state index in [0.29, 0.717) is 29.8 Å². The summed E-state index contributed by atoms with van der Waals surface area (Å²) in [5.41, 5.74) is 6.61. The van der Waals surface area contributed by atoms with E-state index in [1.807, 2.05) is 12.1 Å². The Balaban J connectivity index is 2.04. The second-order valence-electron chi connectivity index (χ2n) is 5.79. The van der Waals surface area contributed by atoms with Gasteiger partial charge < -0.3 is 5.73 Å². The van der Waals surface area contributed by atoms with Gasteiger partial charge in [-0.3, -0.25) is 0 Å². The maximum absolute atomic E-state index is 12.4. The lowest BCUT2D eigenvalue weighted by Gasteiger charge is -2.17. The van der Waals surface area contributed by atoms with Crippen LogP contribution in [0, 0.1) is 11.8 Å². The highest BCUT2D eigenvalue weighted by atomic mass is 32.2. The van der Waals surface area contributed by atoms with Crippen molar-refractivity contribution in [2.24, 2.45) is 17.6 Å². The van der Waals surface area contributed by atoms with E-state index in [0.717, 1.165) is 24.8 Å². The minimum absolute atomic E-state index is 0.379. The van der Waals surface area contributed by atoms with Gasteiger partial charge in [-0.2, -0.15) is 0 Å². The normalized spacial score (nSPS) is 22.2. The minimum atomic E-state index is -3.35. The number of rotatable bonds is 7. The third-order valence-corrected chi connectivity index (χ3v) is 5.91. The summed E-state index contributed by atoms with van der Waals surface area (Å²) in [5, 5.41) is 0. The fraction of sp³-hybridized carbons (Fsp3) is 0.600. The number of nitrogens with two attached hydrogens (primary N) is 1. The van der Waals surface area contributed by atoms with Gasteiger partial charge in [0.05, 0.1) is 4.90 Å². The number of nitrogens with zero attached hydrogens (tertiary/aromatic N) is 1. The average molecular weight is 296 g/mol. The lowest BCUT2D eigenvalue weighted by molar-refractivity contribution is 0.444. The van der Waals surface area contributed by atoms with Gasteiger partial charge in [-0.05, 0) is 55.3 Å². The van der Waals surface area contributed by atoms with Crippen molar-refractivity contribution in [1.82, 2.24) is 4.31 Å². The topological polar surface area (TPSA) is 63.4 Å². The highest BCUT2D eigenvalue weighted by molar-refractivity contribution is 7.89. The monoisotopic (exact) mass is 296 g/mol. The van der Waals surface area contributed by atoms with Crippen molar-refractivity contribution in [1.29, 1.82) is 0 Å². The van der Waals surface area contributed by atoms with E-state index in [9.17, 15) is 8.42 Å². The van der Waals surface area contributed by atoms with Gasteiger partial charge >= 0.3 is 0 Å². The van der Waals surface area contributed by atoms with Crippen molar-refractivity contribution in [2.75, 3.05) is 20.1 Å². The van der Waals surface area contributed by atoms with Crippen molar-refractivity contribution in [2.45, 2.75) is 31.1 Å². The molecule has 0 bridgehead atoms. The van der Waals surface area contributed by atoms with Crippen molar-refractivity contribution >= 4 is 10.0 Å². The standard InChI is InChI=1S/C15H24N2O2S/c1-12-10-14(12)11-17(2)20(18,19)15-7-5-13(6-8-15)4-3-9-16/h5-8,12,14H,3-4,9-11,16H2,1-2H3. The molecule has 112 valence electrons. The molecule has 1 saturated carbocycles. The molecule has 0 radical (unpaired) electrons. The summed E-state index contributed by atoms with van der Waals surface area (Å²) in [5.74, 6) is 1.19. The predicted octanol–water partition coefficient (Wildman–Crippen LogP) is 1.85. The Kier molecular flexibility index (Phi) is 4.83. The zero-order valence-electron chi connectivity index (χ0n) is 12.2. The SMILES string of the molecule is CC1CC1CN(C)S(=O)(=O)c1ccc(CCCN)cc1. The van der Waals surface area contributed by atoms with Gasteiger partial charge in [0.25, 0.3) is 0 Å². The van der Waals surface area contributed by atoms with Crippen LogP contribution in [0.25, 0.3) is 0 Å². The molecule has 0 saturated heterocycles. The van der Waals surface area contributed by atoms with Crippen molar-refractivity contribution in [3.05, 3.63) is 29.8 Å². The van der Waals surface area contributed by atoms with Gasteiger partial charge in [0.2, 0.25) is 10.0 Å². The van der Waals surface area contributed by atoms with E-state index in [2.05, 4.69) is 6.92 Å². The predicted molar refractivity (Wildman–Crippen MR) is 80.9 cm³/mol. The molecule has 1 fully saturated rings. The van der Waals surface area contributed by atoms with E-state index in [4.69, 9.17) is 5.73 Å². The van der Waals surface area contributed by atoms with E-state index in [1.54, 1.807) is 19.2 Å². The molecule has 2 atom stereocenters. The number of aryl methyl sites for hydroxylation is 1. The van der Waals surface area contributed by atoms with Crippen LogP contribution in [0.1, 0.15) is 25.3 Å². The molecule has 0 aliphatic heterocycles.